The molecule has 0 heterocycles. The van der Waals surface area contributed by atoms with Crippen molar-refractivity contribution in [3.63, 3.8) is 0 Å². The summed E-state index contributed by atoms with van der Waals surface area (Å²) in [5, 5.41) is 21.7. The summed E-state index contributed by atoms with van der Waals surface area (Å²) in [6.45, 7) is 0.409. The number of unbranched alkanes of at least 4 members (excludes halogenated alkanes) is 2. The van der Waals surface area contributed by atoms with Crippen LogP contribution in [0.2, 0.25) is 0 Å². The molecule has 0 aliphatic heterocycles. The van der Waals surface area contributed by atoms with Crippen LogP contribution >= 0.6 is 0 Å². The Bertz CT molecular complexity index is 480. The average Bonchev–Trinajstić information content (AvgIpc) is 2.38. The Morgan fingerprint density at radius 2 is 2.11 bits per heavy atom. The number of para-hydroxylation sites is 1. The van der Waals surface area contributed by atoms with Gasteiger partial charge in [-0.1, -0.05) is 12.1 Å². The van der Waals surface area contributed by atoms with Gasteiger partial charge in [-0.2, -0.15) is 5.26 Å². The molecule has 0 aromatic heterocycles. The lowest BCUT2D eigenvalue weighted by Gasteiger charge is -2.04. The highest BCUT2D eigenvalue weighted by Gasteiger charge is 2.18. The number of nitro groups is 1. The molecule has 0 atom stereocenters. The van der Waals surface area contributed by atoms with Crippen LogP contribution < -0.4 is 5.32 Å². The zero-order valence-electron chi connectivity index (χ0n) is 9.76. The van der Waals surface area contributed by atoms with Crippen molar-refractivity contribution in [2.24, 2.45) is 0 Å². The van der Waals surface area contributed by atoms with Gasteiger partial charge in [0.15, 0.2) is 0 Å². The quantitative estimate of drug-likeness (QED) is 0.472. The van der Waals surface area contributed by atoms with Crippen molar-refractivity contribution in [2.45, 2.75) is 19.3 Å². The second-order valence-electron chi connectivity index (χ2n) is 3.65. The van der Waals surface area contributed by atoms with E-state index in [0.29, 0.717) is 25.8 Å². The van der Waals surface area contributed by atoms with Crippen molar-refractivity contribution < 1.29 is 9.72 Å². The van der Waals surface area contributed by atoms with Gasteiger partial charge in [0, 0.05) is 19.0 Å². The van der Waals surface area contributed by atoms with Gasteiger partial charge in [-0.05, 0) is 18.9 Å². The van der Waals surface area contributed by atoms with Crippen LogP contribution in [0.25, 0.3) is 0 Å². The Morgan fingerprint density at radius 3 is 2.78 bits per heavy atom. The van der Waals surface area contributed by atoms with E-state index < -0.39 is 10.8 Å². The number of nitriles is 1. The molecular weight excluding hydrogens is 234 g/mol. The van der Waals surface area contributed by atoms with Gasteiger partial charge >= 0.3 is 0 Å². The Balaban J connectivity index is 2.57. The summed E-state index contributed by atoms with van der Waals surface area (Å²) in [7, 11) is 0. The smallest absolute Gasteiger partial charge is 0.282 e. The van der Waals surface area contributed by atoms with E-state index in [1.165, 1.54) is 18.2 Å². The van der Waals surface area contributed by atoms with E-state index >= 15 is 0 Å². The molecule has 0 aliphatic carbocycles. The van der Waals surface area contributed by atoms with E-state index in [9.17, 15) is 14.9 Å². The topological polar surface area (TPSA) is 96.0 Å². The van der Waals surface area contributed by atoms with Crippen molar-refractivity contribution in [1.82, 2.24) is 5.32 Å². The van der Waals surface area contributed by atoms with E-state index in [4.69, 9.17) is 5.26 Å². The van der Waals surface area contributed by atoms with Crippen molar-refractivity contribution >= 4 is 11.6 Å². The lowest BCUT2D eigenvalue weighted by Crippen LogP contribution is -2.25. The second-order valence-corrected chi connectivity index (χ2v) is 3.65. The van der Waals surface area contributed by atoms with E-state index in [0.717, 1.165) is 0 Å². The zero-order valence-corrected chi connectivity index (χ0v) is 9.76. The van der Waals surface area contributed by atoms with Crippen LogP contribution in [0.3, 0.4) is 0 Å². The Labute approximate surface area is 104 Å². The number of hydrogen-bond donors (Lipinski definition) is 1. The molecule has 1 amide bonds. The summed E-state index contributed by atoms with van der Waals surface area (Å²) in [4.78, 5) is 21.9. The highest BCUT2D eigenvalue weighted by atomic mass is 16.6. The Kier molecular flexibility index (Phi) is 5.32. The Hall–Kier alpha value is -2.42. The Morgan fingerprint density at radius 1 is 1.39 bits per heavy atom. The molecule has 1 rings (SSSR count). The third-order valence-corrected chi connectivity index (χ3v) is 2.35. The largest absolute Gasteiger partial charge is 0.352 e. The number of rotatable bonds is 6. The van der Waals surface area contributed by atoms with Crippen LogP contribution in [0.4, 0.5) is 5.69 Å². The summed E-state index contributed by atoms with van der Waals surface area (Å²) in [6.07, 6.45) is 1.83. The molecule has 0 unspecified atom stereocenters. The molecule has 1 aromatic carbocycles. The first-order valence-electron chi connectivity index (χ1n) is 5.55. The van der Waals surface area contributed by atoms with Gasteiger partial charge < -0.3 is 5.32 Å². The number of nitrogens with zero attached hydrogens (tertiary/aromatic N) is 2. The summed E-state index contributed by atoms with van der Waals surface area (Å²) in [6, 6.07) is 7.82. The minimum Gasteiger partial charge on any atom is -0.352 e. The maximum Gasteiger partial charge on any atom is 0.282 e. The van der Waals surface area contributed by atoms with Gasteiger partial charge in [-0.3, -0.25) is 14.9 Å². The number of amides is 1. The molecule has 6 nitrogen and oxygen atoms in total. The van der Waals surface area contributed by atoms with Crippen LogP contribution in [0.5, 0.6) is 0 Å². The lowest BCUT2D eigenvalue weighted by molar-refractivity contribution is -0.385. The third-order valence-electron chi connectivity index (χ3n) is 2.35. The molecule has 94 valence electrons. The number of nitro benzene ring substituents is 1. The molecule has 0 saturated carbocycles. The maximum absolute atomic E-state index is 11.7. The zero-order chi connectivity index (χ0) is 13.4. The molecule has 0 bridgehead atoms. The molecule has 0 saturated heterocycles. The normalized spacial score (nSPS) is 9.50. The minimum atomic E-state index is -0.579. The van der Waals surface area contributed by atoms with E-state index in [-0.39, 0.29) is 11.3 Å². The van der Waals surface area contributed by atoms with Crippen molar-refractivity contribution in [1.29, 1.82) is 5.26 Å². The number of hydrogen-bond acceptors (Lipinski definition) is 4. The number of carbonyl (C=O) groups excluding carboxylic acids is 1. The molecule has 0 radical (unpaired) electrons. The first-order valence-corrected chi connectivity index (χ1v) is 5.55. The van der Waals surface area contributed by atoms with Gasteiger partial charge in [-0.25, -0.2) is 0 Å². The van der Waals surface area contributed by atoms with Crippen LogP contribution in [0.15, 0.2) is 24.3 Å². The standard InChI is InChI=1S/C12H13N3O3/c13-8-4-1-5-9-14-12(16)10-6-2-3-7-11(10)15(17)18/h2-3,6-7H,1,4-5,9H2,(H,14,16). The molecule has 0 fully saturated rings. The predicted molar refractivity (Wildman–Crippen MR) is 64.9 cm³/mol. The van der Waals surface area contributed by atoms with Gasteiger partial charge in [0.05, 0.1) is 11.0 Å². The summed E-state index contributed by atoms with van der Waals surface area (Å²) >= 11 is 0. The number of carbonyl (C=O) groups is 1. The average molecular weight is 247 g/mol. The van der Waals surface area contributed by atoms with E-state index in [1.54, 1.807) is 6.07 Å². The second kappa shape index (κ2) is 7.01. The minimum absolute atomic E-state index is 0.0581. The van der Waals surface area contributed by atoms with E-state index in [1.807, 2.05) is 6.07 Å². The van der Waals surface area contributed by atoms with Crippen LogP contribution in [-0.2, 0) is 0 Å². The van der Waals surface area contributed by atoms with E-state index in [2.05, 4.69) is 5.32 Å². The molecule has 1 aromatic rings. The molecule has 6 heteroatoms. The molecule has 0 spiro atoms. The monoisotopic (exact) mass is 247 g/mol. The van der Waals surface area contributed by atoms with Crippen LogP contribution in [0, 0.1) is 21.4 Å². The van der Waals surface area contributed by atoms with Crippen LogP contribution in [-0.4, -0.2) is 17.4 Å². The van der Waals surface area contributed by atoms with Crippen LogP contribution in [0.1, 0.15) is 29.6 Å². The molecule has 1 N–H and O–H groups in total. The van der Waals surface area contributed by atoms with Gasteiger partial charge in [-0.15, -0.1) is 0 Å². The molecule has 18 heavy (non-hydrogen) atoms. The third kappa shape index (κ3) is 3.87. The van der Waals surface area contributed by atoms with Crippen molar-refractivity contribution in [2.75, 3.05) is 6.54 Å². The van der Waals surface area contributed by atoms with Gasteiger partial charge in [0.1, 0.15) is 5.56 Å². The maximum atomic E-state index is 11.7. The SMILES string of the molecule is N#CCCCCNC(=O)c1ccccc1[N+](=O)[O-]. The summed E-state index contributed by atoms with van der Waals surface area (Å²) in [5.74, 6) is -0.459. The number of nitrogens with one attached hydrogen (secondary N) is 1. The highest BCUT2D eigenvalue weighted by Crippen LogP contribution is 2.17. The first kappa shape index (κ1) is 13.6. The fourth-order valence-corrected chi connectivity index (χ4v) is 1.45. The first-order chi connectivity index (χ1) is 8.66. The fourth-order valence-electron chi connectivity index (χ4n) is 1.45. The van der Waals surface area contributed by atoms with Gasteiger partial charge in [0.2, 0.25) is 0 Å². The molecule has 0 aliphatic rings. The van der Waals surface area contributed by atoms with Crippen molar-refractivity contribution in [3.8, 4) is 6.07 Å². The highest BCUT2D eigenvalue weighted by molar-refractivity contribution is 5.98. The van der Waals surface area contributed by atoms with Crippen molar-refractivity contribution in [3.05, 3.63) is 39.9 Å². The predicted octanol–water partition coefficient (Wildman–Crippen LogP) is 2.02. The molecular formula is C12H13N3O3. The lowest BCUT2D eigenvalue weighted by atomic mass is 10.1. The summed E-state index contributed by atoms with van der Waals surface area (Å²) < 4.78 is 0. The summed E-state index contributed by atoms with van der Waals surface area (Å²) in [5.41, 5.74) is -0.144. The number of benzene rings is 1. The van der Waals surface area contributed by atoms with Gasteiger partial charge in [0.25, 0.3) is 11.6 Å². The fraction of sp³-hybridized carbons (Fsp3) is 0.333.